The number of carbonyl (C=O) groups is 1. The first-order chi connectivity index (χ1) is 18.6. The predicted octanol–water partition coefficient (Wildman–Crippen LogP) is 1.94. The number of aromatic hydroxyl groups is 1. The van der Waals surface area contributed by atoms with E-state index in [4.69, 9.17) is 23.7 Å². The summed E-state index contributed by atoms with van der Waals surface area (Å²) in [6.45, 7) is 3.07. The molecule has 3 aliphatic heterocycles. The number of piperazine rings is 1. The largest absolute Gasteiger partial charge is 0.507 e. The Kier molecular flexibility index (Phi) is 6.72. The minimum Gasteiger partial charge on any atom is -0.507 e. The van der Waals surface area contributed by atoms with E-state index in [0.717, 1.165) is 16.7 Å². The van der Waals surface area contributed by atoms with E-state index in [1.54, 1.807) is 33.2 Å². The topological polar surface area (TPSA) is 130 Å². The predicted molar refractivity (Wildman–Crippen MR) is 140 cm³/mol. The first-order valence-corrected chi connectivity index (χ1v) is 12.8. The van der Waals surface area contributed by atoms with Crippen LogP contribution in [0.1, 0.15) is 51.6 Å². The van der Waals surface area contributed by atoms with Crippen LogP contribution in [-0.4, -0.2) is 92.3 Å². The lowest BCUT2D eigenvalue weighted by atomic mass is 9.72. The van der Waals surface area contributed by atoms with Crippen LogP contribution in [0.15, 0.2) is 0 Å². The lowest BCUT2D eigenvalue weighted by Crippen LogP contribution is -2.67. The minimum absolute atomic E-state index is 0.174. The van der Waals surface area contributed by atoms with E-state index < -0.39 is 36.9 Å². The summed E-state index contributed by atoms with van der Waals surface area (Å²) in [5.74, 6) is 1.68. The average Bonchev–Trinajstić information content (AvgIpc) is 2.92. The standard InChI is InChI=1S/C28H36N2O9/c1-11-21(32)18-17(27(39-8)24(11)36-5)15(10-31)30-20(22(18)33)19-16-13(9-14(28(30)34)29(19)3)23(35-4)12(2)25(37-6)26(16)38-7/h14-15,19-20,22,31-33H,9-10H2,1-8H3/t14-,15-,19+,20?,22?/m0/s1. The number of carbonyl (C=O) groups excluding carboxylic acids is 1. The molecule has 0 aliphatic carbocycles. The normalized spacial score (nSPS) is 25.4. The molecule has 1 amide bonds. The molecule has 2 bridgehead atoms. The molecule has 5 rings (SSSR count). The summed E-state index contributed by atoms with van der Waals surface area (Å²) < 4.78 is 28.7. The van der Waals surface area contributed by atoms with Gasteiger partial charge in [0.1, 0.15) is 17.6 Å². The van der Waals surface area contributed by atoms with Gasteiger partial charge in [-0.15, -0.1) is 0 Å². The highest BCUT2D eigenvalue weighted by Crippen LogP contribution is 2.60. The monoisotopic (exact) mass is 544 g/mol. The summed E-state index contributed by atoms with van der Waals surface area (Å²) in [6, 6.07) is -2.98. The lowest BCUT2D eigenvalue weighted by Gasteiger charge is -2.58. The van der Waals surface area contributed by atoms with Crippen molar-refractivity contribution in [2.75, 3.05) is 49.2 Å². The van der Waals surface area contributed by atoms with Gasteiger partial charge in [-0.2, -0.15) is 0 Å². The van der Waals surface area contributed by atoms with Gasteiger partial charge in [-0.25, -0.2) is 0 Å². The SMILES string of the molecule is COc1c(C)c(OC)c(OC)c2c1C[C@H]1C(=O)N3C(C(O)c4c(O)c(C)c(OC)c(OC)c4[C@@H]3CO)[C@@H]2N1C. The molecule has 11 nitrogen and oxygen atoms in total. The number of likely N-dealkylation sites (N-methyl/N-ethyl adjacent to an activating group) is 1. The van der Waals surface area contributed by atoms with Crippen LogP contribution in [0.3, 0.4) is 0 Å². The van der Waals surface area contributed by atoms with Crippen molar-refractivity contribution in [2.45, 2.75) is 50.5 Å². The smallest absolute Gasteiger partial charge is 0.241 e. The summed E-state index contributed by atoms with van der Waals surface area (Å²) in [5, 5.41) is 34.1. The fourth-order valence-corrected chi connectivity index (χ4v) is 7.11. The van der Waals surface area contributed by atoms with Crippen molar-refractivity contribution in [3.05, 3.63) is 33.4 Å². The molecule has 39 heavy (non-hydrogen) atoms. The van der Waals surface area contributed by atoms with Crippen molar-refractivity contribution in [1.82, 2.24) is 9.80 Å². The lowest BCUT2D eigenvalue weighted by molar-refractivity contribution is -0.168. The molecule has 0 aromatic heterocycles. The van der Waals surface area contributed by atoms with Gasteiger partial charge in [0.15, 0.2) is 23.0 Å². The minimum atomic E-state index is -1.34. The number of methoxy groups -OCH3 is 5. The number of hydrogen-bond donors (Lipinski definition) is 3. The second kappa shape index (κ2) is 9.65. The van der Waals surface area contributed by atoms with Crippen molar-refractivity contribution >= 4 is 5.91 Å². The third kappa shape index (κ3) is 3.36. The van der Waals surface area contributed by atoms with E-state index in [9.17, 15) is 20.1 Å². The van der Waals surface area contributed by atoms with Gasteiger partial charge in [0.05, 0.1) is 66.3 Å². The second-order valence-electron chi connectivity index (χ2n) is 10.2. The van der Waals surface area contributed by atoms with Gasteiger partial charge < -0.3 is 43.9 Å². The molecule has 212 valence electrons. The summed E-state index contributed by atoms with van der Waals surface area (Å²) in [6.07, 6.45) is -1.01. The van der Waals surface area contributed by atoms with Crippen LogP contribution in [0.4, 0.5) is 0 Å². The van der Waals surface area contributed by atoms with Crippen LogP contribution >= 0.6 is 0 Å². The molecule has 1 fully saturated rings. The Hall–Kier alpha value is -3.41. The van der Waals surface area contributed by atoms with Crippen LogP contribution < -0.4 is 23.7 Å². The fraction of sp³-hybridized carbons (Fsp3) is 0.536. The van der Waals surface area contributed by atoms with Gasteiger partial charge >= 0.3 is 0 Å². The Balaban J connectivity index is 1.86. The zero-order valence-electron chi connectivity index (χ0n) is 23.5. The van der Waals surface area contributed by atoms with E-state index in [0.29, 0.717) is 34.8 Å². The van der Waals surface area contributed by atoms with Crippen molar-refractivity contribution < 1.29 is 43.8 Å². The number of aliphatic hydroxyl groups is 2. The molecule has 2 unspecified atom stereocenters. The second-order valence-corrected chi connectivity index (χ2v) is 10.2. The van der Waals surface area contributed by atoms with E-state index in [1.165, 1.54) is 14.2 Å². The number of aliphatic hydroxyl groups excluding tert-OH is 2. The van der Waals surface area contributed by atoms with E-state index in [-0.39, 0.29) is 28.7 Å². The molecule has 0 saturated carbocycles. The first-order valence-electron chi connectivity index (χ1n) is 12.8. The third-order valence-electron chi connectivity index (χ3n) is 8.71. The number of rotatable bonds is 6. The molecule has 0 radical (unpaired) electrons. The number of phenolic OH excluding ortho intramolecular Hbond substituents is 1. The van der Waals surface area contributed by atoms with Gasteiger partial charge in [0.2, 0.25) is 5.91 Å². The summed E-state index contributed by atoms with van der Waals surface area (Å²) in [7, 11) is 9.41. The number of nitrogens with zero attached hydrogens (tertiary/aromatic N) is 2. The van der Waals surface area contributed by atoms with E-state index >= 15 is 0 Å². The highest BCUT2D eigenvalue weighted by Gasteiger charge is 2.59. The Labute approximate surface area is 227 Å². The average molecular weight is 545 g/mol. The quantitative estimate of drug-likeness (QED) is 0.496. The number of hydrogen-bond acceptors (Lipinski definition) is 10. The van der Waals surface area contributed by atoms with Gasteiger partial charge in [0.25, 0.3) is 0 Å². The number of phenols is 1. The molecule has 2 aromatic carbocycles. The number of ether oxygens (including phenoxy) is 5. The highest BCUT2D eigenvalue weighted by molar-refractivity contribution is 5.87. The van der Waals surface area contributed by atoms with Crippen LogP contribution in [0.25, 0.3) is 0 Å². The van der Waals surface area contributed by atoms with Crippen LogP contribution in [-0.2, 0) is 11.2 Å². The molecule has 0 spiro atoms. The molecule has 3 N–H and O–H groups in total. The highest BCUT2D eigenvalue weighted by atomic mass is 16.5. The molecule has 5 atom stereocenters. The first kappa shape index (κ1) is 27.2. The molecule has 2 aromatic rings. The van der Waals surface area contributed by atoms with Crippen molar-refractivity contribution in [1.29, 1.82) is 0 Å². The summed E-state index contributed by atoms with van der Waals surface area (Å²) in [5.41, 5.74) is 3.18. The van der Waals surface area contributed by atoms with Crippen molar-refractivity contribution in [3.63, 3.8) is 0 Å². The maximum atomic E-state index is 14.2. The molecule has 3 heterocycles. The Morgan fingerprint density at radius 1 is 0.821 bits per heavy atom. The Morgan fingerprint density at radius 2 is 1.36 bits per heavy atom. The van der Waals surface area contributed by atoms with Gasteiger partial charge in [-0.1, -0.05) is 0 Å². The maximum Gasteiger partial charge on any atom is 0.241 e. The zero-order valence-corrected chi connectivity index (χ0v) is 23.5. The van der Waals surface area contributed by atoms with E-state index in [2.05, 4.69) is 0 Å². The molecular weight excluding hydrogens is 508 g/mol. The van der Waals surface area contributed by atoms with Crippen molar-refractivity contribution in [3.8, 4) is 34.5 Å². The molecule has 1 saturated heterocycles. The zero-order chi connectivity index (χ0) is 28.5. The third-order valence-corrected chi connectivity index (χ3v) is 8.71. The maximum absolute atomic E-state index is 14.2. The fourth-order valence-electron chi connectivity index (χ4n) is 7.11. The molecular formula is C28H36N2O9. The van der Waals surface area contributed by atoms with Crippen LogP contribution in [0.5, 0.6) is 34.5 Å². The van der Waals surface area contributed by atoms with Crippen LogP contribution in [0, 0.1) is 13.8 Å². The van der Waals surface area contributed by atoms with Crippen LogP contribution in [0.2, 0.25) is 0 Å². The number of benzene rings is 2. The van der Waals surface area contributed by atoms with Gasteiger partial charge in [0, 0.05) is 39.8 Å². The molecule has 3 aliphatic rings. The van der Waals surface area contributed by atoms with E-state index in [1.807, 2.05) is 18.9 Å². The summed E-state index contributed by atoms with van der Waals surface area (Å²) >= 11 is 0. The van der Waals surface area contributed by atoms with Gasteiger partial charge in [-0.3, -0.25) is 9.69 Å². The Morgan fingerprint density at radius 3 is 1.90 bits per heavy atom. The molecule has 11 heteroatoms. The van der Waals surface area contributed by atoms with Crippen molar-refractivity contribution in [2.24, 2.45) is 0 Å². The van der Waals surface area contributed by atoms with Gasteiger partial charge in [-0.05, 0) is 20.9 Å². The Bertz CT molecular complexity index is 1340. The number of amides is 1. The summed E-state index contributed by atoms with van der Waals surface area (Å²) in [4.78, 5) is 17.7. The number of fused-ring (bicyclic) bond motifs is 7.